The summed E-state index contributed by atoms with van der Waals surface area (Å²) in [5.41, 5.74) is 7.14. The van der Waals surface area contributed by atoms with E-state index in [2.05, 4.69) is 9.97 Å². The number of hydrogen-bond acceptors (Lipinski definition) is 5. The van der Waals surface area contributed by atoms with Crippen molar-refractivity contribution in [3.05, 3.63) is 72.2 Å². The van der Waals surface area contributed by atoms with Crippen molar-refractivity contribution in [1.82, 2.24) is 14.9 Å². The van der Waals surface area contributed by atoms with E-state index in [1.807, 2.05) is 6.07 Å². The van der Waals surface area contributed by atoms with Gasteiger partial charge in [0, 0.05) is 30.8 Å². The average molecular weight is 410 g/mol. The van der Waals surface area contributed by atoms with Gasteiger partial charge >= 0.3 is 0 Å². The lowest BCUT2D eigenvalue weighted by atomic mass is 10.1. The molecule has 4 rings (SSSR count). The zero-order chi connectivity index (χ0) is 21.1. The van der Waals surface area contributed by atoms with Gasteiger partial charge in [-0.25, -0.2) is 8.78 Å². The smallest absolute Gasteiger partial charge is 0.228 e. The maximum atomic E-state index is 14.1. The molecule has 30 heavy (non-hydrogen) atoms. The van der Waals surface area contributed by atoms with Crippen molar-refractivity contribution in [2.24, 2.45) is 0 Å². The molecule has 2 aromatic heterocycles. The first-order chi connectivity index (χ1) is 14.5. The van der Waals surface area contributed by atoms with Crippen molar-refractivity contribution in [2.75, 3.05) is 18.8 Å². The van der Waals surface area contributed by atoms with Gasteiger partial charge in [0.2, 0.25) is 5.91 Å². The number of pyridine rings is 2. The SMILES string of the molecule is Nc1ccc(-c2ccc(F)cc2F)nc1CC(=O)N1CC[C@@H](Oc2cccnc2)C1. The van der Waals surface area contributed by atoms with Crippen molar-refractivity contribution in [3.63, 3.8) is 0 Å². The number of benzene rings is 1. The van der Waals surface area contributed by atoms with Gasteiger partial charge in [0.1, 0.15) is 23.5 Å². The minimum Gasteiger partial charge on any atom is -0.487 e. The van der Waals surface area contributed by atoms with Crippen molar-refractivity contribution in [3.8, 4) is 17.0 Å². The molecule has 2 N–H and O–H groups in total. The normalized spacial score (nSPS) is 15.9. The molecule has 1 saturated heterocycles. The van der Waals surface area contributed by atoms with E-state index in [4.69, 9.17) is 10.5 Å². The third kappa shape index (κ3) is 4.37. The second kappa shape index (κ2) is 8.44. The molecule has 1 aliphatic rings. The number of likely N-dealkylation sites (tertiary alicyclic amines) is 1. The first kappa shape index (κ1) is 19.8. The molecule has 0 saturated carbocycles. The Bertz CT molecular complexity index is 1060. The van der Waals surface area contributed by atoms with E-state index >= 15 is 0 Å². The summed E-state index contributed by atoms with van der Waals surface area (Å²) in [4.78, 5) is 22.8. The number of carbonyl (C=O) groups is 1. The molecule has 154 valence electrons. The molecule has 3 heterocycles. The number of nitrogen functional groups attached to an aromatic ring is 1. The number of hydrogen-bond donors (Lipinski definition) is 1. The summed E-state index contributed by atoms with van der Waals surface area (Å²) in [5.74, 6) is -0.862. The zero-order valence-electron chi connectivity index (χ0n) is 16.1. The molecule has 0 radical (unpaired) electrons. The topological polar surface area (TPSA) is 81.3 Å². The Balaban J connectivity index is 1.44. The number of carbonyl (C=O) groups excluding carboxylic acids is 1. The van der Waals surface area contributed by atoms with Crippen LogP contribution in [0.1, 0.15) is 12.1 Å². The molecule has 1 aliphatic heterocycles. The van der Waals surface area contributed by atoms with Gasteiger partial charge < -0.3 is 15.4 Å². The van der Waals surface area contributed by atoms with Crippen LogP contribution in [0.2, 0.25) is 0 Å². The summed E-state index contributed by atoms with van der Waals surface area (Å²) >= 11 is 0. The molecule has 3 aromatic rings. The monoisotopic (exact) mass is 410 g/mol. The maximum absolute atomic E-state index is 14.1. The highest BCUT2D eigenvalue weighted by Gasteiger charge is 2.28. The van der Waals surface area contributed by atoms with Crippen molar-refractivity contribution in [1.29, 1.82) is 0 Å². The molecule has 0 unspecified atom stereocenters. The largest absolute Gasteiger partial charge is 0.487 e. The molecule has 1 aromatic carbocycles. The number of rotatable bonds is 5. The lowest BCUT2D eigenvalue weighted by Crippen LogP contribution is -2.32. The lowest BCUT2D eigenvalue weighted by Gasteiger charge is -2.18. The summed E-state index contributed by atoms with van der Waals surface area (Å²) in [6.07, 6.45) is 3.89. The number of anilines is 1. The molecule has 6 nitrogen and oxygen atoms in total. The maximum Gasteiger partial charge on any atom is 0.228 e. The summed E-state index contributed by atoms with van der Waals surface area (Å²) in [7, 11) is 0. The second-order valence-electron chi connectivity index (χ2n) is 7.09. The van der Waals surface area contributed by atoms with Gasteiger partial charge in [0.05, 0.1) is 36.2 Å². The Morgan fingerprint density at radius 3 is 2.87 bits per heavy atom. The standard InChI is InChI=1S/C22H20F2N4O2/c23-14-3-4-17(18(24)10-14)20-6-5-19(25)21(27-20)11-22(29)28-9-7-16(13-28)30-15-2-1-8-26-12-15/h1-6,8,10,12,16H,7,9,11,13,25H2/t16-/m1/s1. The Morgan fingerprint density at radius 1 is 1.23 bits per heavy atom. The van der Waals surface area contributed by atoms with Crippen LogP contribution in [-0.4, -0.2) is 40.0 Å². The highest BCUT2D eigenvalue weighted by molar-refractivity contribution is 5.80. The van der Waals surface area contributed by atoms with Crippen molar-refractivity contribution in [2.45, 2.75) is 18.9 Å². The molecular formula is C22H20F2N4O2. The van der Waals surface area contributed by atoms with E-state index < -0.39 is 11.6 Å². The van der Waals surface area contributed by atoms with Gasteiger partial charge in [0.15, 0.2) is 0 Å². The molecule has 1 fully saturated rings. The van der Waals surface area contributed by atoms with Gasteiger partial charge in [0.25, 0.3) is 0 Å². The van der Waals surface area contributed by atoms with Crippen LogP contribution in [0.25, 0.3) is 11.3 Å². The lowest BCUT2D eigenvalue weighted by molar-refractivity contribution is -0.129. The number of nitrogens with zero attached hydrogens (tertiary/aromatic N) is 3. The highest BCUT2D eigenvalue weighted by Crippen LogP contribution is 2.25. The summed E-state index contributed by atoms with van der Waals surface area (Å²) < 4.78 is 33.1. The predicted molar refractivity (Wildman–Crippen MR) is 108 cm³/mol. The van der Waals surface area contributed by atoms with Crippen LogP contribution in [0.5, 0.6) is 5.75 Å². The minimum atomic E-state index is -0.723. The first-order valence-electron chi connectivity index (χ1n) is 9.55. The van der Waals surface area contributed by atoms with Gasteiger partial charge in [-0.15, -0.1) is 0 Å². The van der Waals surface area contributed by atoms with E-state index in [0.717, 1.165) is 12.1 Å². The van der Waals surface area contributed by atoms with Crippen molar-refractivity contribution >= 4 is 11.6 Å². The van der Waals surface area contributed by atoms with Crippen LogP contribution < -0.4 is 10.5 Å². The number of aromatic nitrogens is 2. The van der Waals surface area contributed by atoms with Crippen LogP contribution in [0.4, 0.5) is 14.5 Å². The van der Waals surface area contributed by atoms with E-state index in [1.54, 1.807) is 35.5 Å². The number of halogens is 2. The first-order valence-corrected chi connectivity index (χ1v) is 9.55. The third-order valence-corrected chi connectivity index (χ3v) is 4.97. The third-order valence-electron chi connectivity index (χ3n) is 4.97. The molecule has 0 aliphatic carbocycles. The number of nitrogens with two attached hydrogens (primary N) is 1. The fourth-order valence-electron chi connectivity index (χ4n) is 3.42. The fourth-order valence-corrected chi connectivity index (χ4v) is 3.42. The van der Waals surface area contributed by atoms with E-state index in [1.165, 1.54) is 6.07 Å². The Morgan fingerprint density at radius 2 is 2.10 bits per heavy atom. The van der Waals surface area contributed by atoms with Gasteiger partial charge in [-0.05, 0) is 36.4 Å². The van der Waals surface area contributed by atoms with Crippen LogP contribution in [0.3, 0.4) is 0 Å². The van der Waals surface area contributed by atoms with Crippen molar-refractivity contribution < 1.29 is 18.3 Å². The molecule has 1 atom stereocenters. The zero-order valence-corrected chi connectivity index (χ0v) is 16.1. The summed E-state index contributed by atoms with van der Waals surface area (Å²) in [5, 5.41) is 0. The quantitative estimate of drug-likeness (QED) is 0.699. The van der Waals surface area contributed by atoms with Crippen LogP contribution in [-0.2, 0) is 11.2 Å². The van der Waals surface area contributed by atoms with Gasteiger partial charge in [-0.1, -0.05) is 0 Å². The predicted octanol–water partition coefficient (Wildman–Crippen LogP) is 3.23. The summed E-state index contributed by atoms with van der Waals surface area (Å²) in [6.45, 7) is 1.02. The molecule has 1 amide bonds. The Hall–Kier alpha value is -3.55. The molecule has 0 bridgehead atoms. The fraction of sp³-hybridized carbons (Fsp3) is 0.227. The van der Waals surface area contributed by atoms with Gasteiger partial charge in [-0.2, -0.15) is 0 Å². The molecule has 8 heteroatoms. The average Bonchev–Trinajstić information content (AvgIpc) is 3.19. The number of ether oxygens (including phenoxy) is 1. The van der Waals surface area contributed by atoms with E-state index in [9.17, 15) is 13.6 Å². The minimum absolute atomic E-state index is 0.0118. The van der Waals surface area contributed by atoms with Crippen LogP contribution in [0, 0.1) is 11.6 Å². The van der Waals surface area contributed by atoms with Crippen LogP contribution in [0.15, 0.2) is 54.9 Å². The van der Waals surface area contributed by atoms with Gasteiger partial charge in [-0.3, -0.25) is 14.8 Å². The molecular weight excluding hydrogens is 390 g/mol. The highest BCUT2D eigenvalue weighted by atomic mass is 19.1. The Kier molecular flexibility index (Phi) is 5.56. The van der Waals surface area contributed by atoms with E-state index in [-0.39, 0.29) is 24.0 Å². The Labute approximate surface area is 172 Å². The number of amides is 1. The van der Waals surface area contributed by atoms with Crippen LogP contribution >= 0.6 is 0 Å². The van der Waals surface area contributed by atoms with E-state index in [0.29, 0.717) is 42.3 Å². The second-order valence-corrected chi connectivity index (χ2v) is 7.09. The summed E-state index contributed by atoms with van der Waals surface area (Å²) in [6, 6.07) is 10.0. The molecule has 0 spiro atoms.